The number of benzene rings is 2. The lowest BCUT2D eigenvalue weighted by Gasteiger charge is -2.24. The van der Waals surface area contributed by atoms with Gasteiger partial charge in [-0.25, -0.2) is 9.18 Å². The maximum absolute atomic E-state index is 13.4. The number of carbonyl (C=O) groups is 1. The molecule has 164 valence electrons. The average molecular weight is 442 g/mol. The summed E-state index contributed by atoms with van der Waals surface area (Å²) < 4.78 is 15.6. The zero-order chi connectivity index (χ0) is 22.2. The van der Waals surface area contributed by atoms with Crippen LogP contribution in [0.25, 0.3) is 0 Å². The van der Waals surface area contributed by atoms with E-state index in [9.17, 15) is 9.18 Å². The van der Waals surface area contributed by atoms with Crippen molar-refractivity contribution >= 4 is 23.3 Å². The van der Waals surface area contributed by atoms with Crippen molar-refractivity contribution in [1.29, 1.82) is 0 Å². The predicted molar refractivity (Wildman–Crippen MR) is 125 cm³/mol. The third kappa shape index (κ3) is 6.34. The van der Waals surface area contributed by atoms with E-state index >= 15 is 0 Å². The van der Waals surface area contributed by atoms with Crippen LogP contribution in [-0.4, -0.2) is 22.0 Å². The number of anilines is 1. The Balaban J connectivity index is 1.75. The molecule has 1 heterocycles. The van der Waals surface area contributed by atoms with Crippen LogP contribution in [0, 0.1) is 12.7 Å². The Morgan fingerprint density at radius 1 is 1.13 bits per heavy atom. The molecular formula is C25H29ClFN3O. The molecule has 0 unspecified atom stereocenters. The van der Waals surface area contributed by atoms with Crippen molar-refractivity contribution < 1.29 is 9.18 Å². The molecule has 3 rings (SSSR count). The number of amides is 2. The Hall–Kier alpha value is -2.79. The van der Waals surface area contributed by atoms with Crippen LogP contribution < -0.4 is 5.32 Å². The van der Waals surface area contributed by atoms with E-state index in [-0.39, 0.29) is 11.1 Å². The zero-order valence-electron chi connectivity index (χ0n) is 18.1. The van der Waals surface area contributed by atoms with Crippen molar-refractivity contribution in [3.05, 3.63) is 88.5 Å². The maximum Gasteiger partial charge on any atom is 0.322 e. The van der Waals surface area contributed by atoms with Crippen molar-refractivity contribution in [2.75, 3.05) is 11.9 Å². The molecule has 0 radical (unpaired) electrons. The Kier molecular flexibility index (Phi) is 8.13. The van der Waals surface area contributed by atoms with Crippen LogP contribution >= 0.6 is 11.6 Å². The SMILES string of the molecule is CCCCCN(Cc1cccn1Cc1ccccc1C)C(=O)Nc1ccc(F)c(Cl)c1. The molecule has 4 nitrogen and oxygen atoms in total. The normalized spacial score (nSPS) is 10.8. The second kappa shape index (κ2) is 11.0. The quantitative estimate of drug-likeness (QED) is 0.362. The molecule has 0 fully saturated rings. The Morgan fingerprint density at radius 2 is 1.94 bits per heavy atom. The number of halogens is 2. The second-order valence-corrected chi connectivity index (χ2v) is 8.15. The molecule has 3 aromatic rings. The summed E-state index contributed by atoms with van der Waals surface area (Å²) in [6.07, 6.45) is 5.10. The molecule has 1 aromatic heterocycles. The van der Waals surface area contributed by atoms with Gasteiger partial charge in [0.05, 0.1) is 11.6 Å². The number of carbonyl (C=O) groups excluding carboxylic acids is 1. The zero-order valence-corrected chi connectivity index (χ0v) is 18.8. The molecular weight excluding hydrogens is 413 g/mol. The Morgan fingerprint density at radius 3 is 2.68 bits per heavy atom. The van der Waals surface area contributed by atoms with Crippen LogP contribution in [0.3, 0.4) is 0 Å². The Bertz CT molecular complexity index is 1020. The highest BCUT2D eigenvalue weighted by Gasteiger charge is 2.16. The molecule has 0 atom stereocenters. The fourth-order valence-corrected chi connectivity index (χ4v) is 3.68. The molecule has 0 spiro atoms. The molecule has 0 aliphatic heterocycles. The number of aryl methyl sites for hydroxylation is 1. The summed E-state index contributed by atoms with van der Waals surface area (Å²) in [6.45, 7) is 6.13. The highest BCUT2D eigenvalue weighted by Crippen LogP contribution is 2.20. The van der Waals surface area contributed by atoms with E-state index in [2.05, 4.69) is 35.9 Å². The van der Waals surface area contributed by atoms with E-state index in [1.807, 2.05) is 30.5 Å². The molecule has 0 aliphatic carbocycles. The largest absolute Gasteiger partial charge is 0.345 e. The standard InChI is InChI=1S/C25H29ClFN3O/c1-3-4-7-14-30(25(31)28-21-12-13-24(27)23(26)16-21)18-22-11-8-15-29(22)17-20-10-6-5-9-19(20)2/h5-6,8-13,15-16H,3-4,7,14,17-18H2,1-2H3,(H,28,31). The van der Waals surface area contributed by atoms with Gasteiger partial charge in [-0.3, -0.25) is 0 Å². The number of nitrogens with zero attached hydrogens (tertiary/aromatic N) is 2. The molecule has 0 bridgehead atoms. The summed E-state index contributed by atoms with van der Waals surface area (Å²) in [7, 11) is 0. The third-order valence-electron chi connectivity index (χ3n) is 5.37. The summed E-state index contributed by atoms with van der Waals surface area (Å²) in [4.78, 5) is 14.8. The first kappa shape index (κ1) is 22.9. The van der Waals surface area contributed by atoms with Crippen LogP contribution in [0.2, 0.25) is 5.02 Å². The van der Waals surface area contributed by atoms with Gasteiger partial charge < -0.3 is 14.8 Å². The first-order valence-corrected chi connectivity index (χ1v) is 11.0. The van der Waals surface area contributed by atoms with Gasteiger partial charge >= 0.3 is 6.03 Å². The van der Waals surface area contributed by atoms with Gasteiger partial charge in [0.15, 0.2) is 0 Å². The van der Waals surface area contributed by atoms with Gasteiger partial charge in [0.2, 0.25) is 0 Å². The van der Waals surface area contributed by atoms with Crippen molar-refractivity contribution in [1.82, 2.24) is 9.47 Å². The molecule has 2 aromatic carbocycles. The summed E-state index contributed by atoms with van der Waals surface area (Å²) in [5.41, 5.74) is 4.04. The minimum atomic E-state index is -0.506. The van der Waals surface area contributed by atoms with E-state index in [0.717, 1.165) is 31.5 Å². The van der Waals surface area contributed by atoms with E-state index in [1.54, 1.807) is 4.90 Å². The first-order valence-electron chi connectivity index (χ1n) is 10.7. The summed E-state index contributed by atoms with van der Waals surface area (Å²) in [5, 5.41) is 2.84. The van der Waals surface area contributed by atoms with Crippen molar-refractivity contribution in [2.45, 2.75) is 46.2 Å². The first-order chi connectivity index (χ1) is 15.0. The van der Waals surface area contributed by atoms with Crippen LogP contribution in [0.5, 0.6) is 0 Å². The van der Waals surface area contributed by atoms with Crippen LogP contribution in [0.1, 0.15) is 43.0 Å². The number of aromatic nitrogens is 1. The van der Waals surface area contributed by atoms with Gasteiger partial charge in [0.25, 0.3) is 0 Å². The van der Waals surface area contributed by atoms with Crippen LogP contribution in [-0.2, 0) is 13.1 Å². The number of rotatable bonds is 9. The van der Waals surface area contributed by atoms with Crippen molar-refractivity contribution in [3.8, 4) is 0 Å². The molecule has 6 heteroatoms. The van der Waals surface area contributed by atoms with Crippen LogP contribution in [0.15, 0.2) is 60.8 Å². The number of hydrogen-bond donors (Lipinski definition) is 1. The van der Waals surface area contributed by atoms with Gasteiger partial charge in [-0.15, -0.1) is 0 Å². The Labute approximate surface area is 188 Å². The summed E-state index contributed by atoms with van der Waals surface area (Å²) >= 11 is 5.86. The fraction of sp³-hybridized carbons (Fsp3) is 0.320. The van der Waals surface area contributed by atoms with Gasteiger partial charge in [0.1, 0.15) is 5.82 Å². The minimum absolute atomic E-state index is 0.0116. The molecule has 0 aliphatic rings. The van der Waals surface area contributed by atoms with Gasteiger partial charge in [0, 0.05) is 30.7 Å². The fourth-order valence-electron chi connectivity index (χ4n) is 3.50. The van der Waals surface area contributed by atoms with Gasteiger partial charge in [-0.2, -0.15) is 0 Å². The number of nitrogens with one attached hydrogen (secondary N) is 1. The highest BCUT2D eigenvalue weighted by atomic mass is 35.5. The van der Waals surface area contributed by atoms with Gasteiger partial charge in [-0.05, 0) is 54.8 Å². The molecule has 0 saturated carbocycles. The molecule has 2 amide bonds. The van der Waals surface area contributed by atoms with E-state index < -0.39 is 5.82 Å². The molecule has 31 heavy (non-hydrogen) atoms. The maximum atomic E-state index is 13.4. The van der Waals surface area contributed by atoms with Crippen LogP contribution in [0.4, 0.5) is 14.9 Å². The van der Waals surface area contributed by atoms with Crippen molar-refractivity contribution in [3.63, 3.8) is 0 Å². The smallest absolute Gasteiger partial charge is 0.322 e. The molecule has 0 saturated heterocycles. The van der Waals surface area contributed by atoms with Crippen molar-refractivity contribution in [2.24, 2.45) is 0 Å². The van der Waals surface area contributed by atoms with E-state index in [0.29, 0.717) is 18.8 Å². The number of hydrogen-bond acceptors (Lipinski definition) is 1. The monoisotopic (exact) mass is 441 g/mol. The second-order valence-electron chi connectivity index (χ2n) is 7.74. The summed E-state index contributed by atoms with van der Waals surface area (Å²) in [5.74, 6) is -0.506. The summed E-state index contributed by atoms with van der Waals surface area (Å²) in [6, 6.07) is 16.4. The topological polar surface area (TPSA) is 37.3 Å². The van der Waals surface area contributed by atoms with E-state index in [4.69, 9.17) is 11.6 Å². The third-order valence-corrected chi connectivity index (χ3v) is 5.66. The molecule has 1 N–H and O–H groups in total. The van der Waals surface area contributed by atoms with E-state index in [1.165, 1.54) is 29.3 Å². The van der Waals surface area contributed by atoms with Gasteiger partial charge in [-0.1, -0.05) is 55.6 Å². The lowest BCUT2D eigenvalue weighted by molar-refractivity contribution is 0.206. The minimum Gasteiger partial charge on any atom is -0.345 e. The lowest BCUT2D eigenvalue weighted by atomic mass is 10.1. The average Bonchev–Trinajstić information content (AvgIpc) is 3.18. The number of urea groups is 1. The highest BCUT2D eigenvalue weighted by molar-refractivity contribution is 6.31. The predicted octanol–water partition coefficient (Wildman–Crippen LogP) is 6.86. The number of unbranched alkanes of at least 4 members (excludes halogenated alkanes) is 2. The lowest BCUT2D eigenvalue weighted by Crippen LogP contribution is -2.36.